The first-order chi connectivity index (χ1) is 12.9. The fourth-order valence-corrected chi connectivity index (χ4v) is 2.54. The second-order valence-electron chi connectivity index (χ2n) is 5.39. The van der Waals surface area contributed by atoms with Crippen molar-refractivity contribution < 1.29 is 27.0 Å². The maximum atomic E-state index is 12.2. The molecule has 2 aromatic carbocycles. The van der Waals surface area contributed by atoms with Gasteiger partial charge in [-0.05, 0) is 0 Å². The lowest BCUT2D eigenvalue weighted by Crippen LogP contribution is -2.13. The van der Waals surface area contributed by atoms with Crippen molar-refractivity contribution in [2.45, 2.75) is 0 Å². The molecule has 0 radical (unpaired) electrons. The Morgan fingerprint density at radius 3 is 2.11 bits per heavy atom. The molecule has 27 heavy (non-hydrogen) atoms. The van der Waals surface area contributed by atoms with Crippen LogP contribution in [0.5, 0.6) is 0 Å². The third-order valence-electron chi connectivity index (χ3n) is 3.42. The molecule has 0 aliphatic rings. The smallest absolute Gasteiger partial charge is 0.341 e. The van der Waals surface area contributed by atoms with E-state index in [0.29, 0.717) is 16.7 Å². The Kier molecular flexibility index (Phi) is 6.73. The van der Waals surface area contributed by atoms with Crippen molar-refractivity contribution in [1.29, 1.82) is 0 Å². The zero-order valence-electron chi connectivity index (χ0n) is 15.1. The summed E-state index contributed by atoms with van der Waals surface area (Å²) in [5, 5.41) is 3.83. The lowest BCUT2D eigenvalue weighted by atomic mass is 9.93. The Morgan fingerprint density at radius 1 is 0.963 bits per heavy atom. The van der Waals surface area contributed by atoms with Gasteiger partial charge in [0.15, 0.2) is 0 Å². The summed E-state index contributed by atoms with van der Waals surface area (Å²) in [5.74, 6) is -0.610. The molecule has 2 rings (SSSR count). The van der Waals surface area contributed by atoms with Crippen LogP contribution in [0.4, 0.5) is 0 Å². The Morgan fingerprint density at radius 2 is 1.56 bits per heavy atom. The summed E-state index contributed by atoms with van der Waals surface area (Å²) in [5.41, 5.74) is 1.92. The third-order valence-corrected chi connectivity index (χ3v) is 3.77. The average Bonchev–Trinajstić information content (AvgIpc) is 2.66. The molecule has 7 nitrogen and oxygen atoms in total. The Bertz CT molecular complexity index is 965. The second-order valence-corrected chi connectivity index (χ2v) is 6.95. The van der Waals surface area contributed by atoms with Crippen LogP contribution in [-0.2, 0) is 28.7 Å². The van der Waals surface area contributed by atoms with E-state index in [4.69, 9.17) is 9.47 Å². The monoisotopic (exact) mass is 389 g/mol. The van der Waals surface area contributed by atoms with Crippen molar-refractivity contribution in [2.24, 2.45) is 5.16 Å². The molecular formula is C19H19NO6S. The highest BCUT2D eigenvalue weighted by Gasteiger charge is 2.21. The van der Waals surface area contributed by atoms with Crippen LogP contribution in [0.1, 0.15) is 16.7 Å². The standard InChI is InChI=1S/C19H19NO6S/c1-24-13-17(19(21)25-2)15-11-7-8-12-16(15)18(20-26-27(3,22)23)14-9-5-4-6-10-14/h4-13H,1-3H3. The van der Waals surface area contributed by atoms with Crippen LogP contribution in [-0.4, -0.2) is 40.6 Å². The molecule has 0 aliphatic carbocycles. The summed E-state index contributed by atoms with van der Waals surface area (Å²) in [4.78, 5) is 12.2. The largest absolute Gasteiger partial charge is 0.503 e. The van der Waals surface area contributed by atoms with E-state index < -0.39 is 16.1 Å². The molecule has 0 aliphatic heterocycles. The molecule has 0 bridgehead atoms. The van der Waals surface area contributed by atoms with Crippen LogP contribution in [0, 0.1) is 0 Å². The molecule has 0 fully saturated rings. The van der Waals surface area contributed by atoms with Gasteiger partial charge in [0.25, 0.3) is 0 Å². The number of benzene rings is 2. The van der Waals surface area contributed by atoms with Crippen LogP contribution in [0.2, 0.25) is 0 Å². The Balaban J connectivity index is 2.71. The predicted octanol–water partition coefficient (Wildman–Crippen LogP) is 2.58. The molecule has 0 spiro atoms. The summed E-state index contributed by atoms with van der Waals surface area (Å²) < 4.78 is 37.4. The Labute approximate surface area is 158 Å². The predicted molar refractivity (Wildman–Crippen MR) is 101 cm³/mol. The topological polar surface area (TPSA) is 91.3 Å². The van der Waals surface area contributed by atoms with E-state index in [2.05, 4.69) is 9.44 Å². The van der Waals surface area contributed by atoms with Crippen LogP contribution in [0.3, 0.4) is 0 Å². The molecule has 0 N–H and O–H groups in total. The zero-order chi connectivity index (χ0) is 19.9. The number of carbonyl (C=O) groups is 1. The molecular weight excluding hydrogens is 370 g/mol. The zero-order valence-corrected chi connectivity index (χ0v) is 15.9. The van der Waals surface area contributed by atoms with Crippen molar-refractivity contribution in [3.05, 3.63) is 77.5 Å². The van der Waals surface area contributed by atoms with Gasteiger partial charge in [-0.15, -0.1) is 0 Å². The molecule has 8 heteroatoms. The lowest BCUT2D eigenvalue weighted by Gasteiger charge is -2.13. The molecule has 0 atom stereocenters. The summed E-state index contributed by atoms with van der Waals surface area (Å²) in [7, 11) is -1.15. The number of methoxy groups -OCH3 is 2. The molecule has 0 saturated heterocycles. The number of rotatable bonds is 7. The van der Waals surface area contributed by atoms with Crippen molar-refractivity contribution in [3.8, 4) is 0 Å². The minimum absolute atomic E-state index is 0.151. The first-order valence-electron chi connectivity index (χ1n) is 7.80. The number of ether oxygens (including phenoxy) is 2. The number of hydrogen-bond donors (Lipinski definition) is 0. The highest BCUT2D eigenvalue weighted by molar-refractivity contribution is 7.85. The van der Waals surface area contributed by atoms with E-state index >= 15 is 0 Å². The lowest BCUT2D eigenvalue weighted by molar-refractivity contribution is -0.133. The van der Waals surface area contributed by atoms with Gasteiger partial charge in [0, 0.05) is 16.7 Å². The molecule has 0 heterocycles. The summed E-state index contributed by atoms with van der Waals surface area (Å²) >= 11 is 0. The molecule has 0 amide bonds. The van der Waals surface area contributed by atoms with Gasteiger partial charge in [0.2, 0.25) is 0 Å². The van der Waals surface area contributed by atoms with Crippen molar-refractivity contribution in [1.82, 2.24) is 0 Å². The summed E-state index contributed by atoms with van der Waals surface area (Å²) in [6.07, 6.45) is 2.15. The van der Waals surface area contributed by atoms with Gasteiger partial charge in [-0.2, -0.15) is 8.42 Å². The number of esters is 1. The van der Waals surface area contributed by atoms with E-state index in [0.717, 1.165) is 6.26 Å². The van der Waals surface area contributed by atoms with Gasteiger partial charge in [-0.3, -0.25) is 4.28 Å². The third kappa shape index (κ3) is 5.42. The van der Waals surface area contributed by atoms with Gasteiger partial charge < -0.3 is 9.47 Å². The average molecular weight is 389 g/mol. The van der Waals surface area contributed by atoms with Gasteiger partial charge >= 0.3 is 16.1 Å². The Hall–Kier alpha value is -3.13. The maximum Gasteiger partial charge on any atom is 0.341 e. The fourth-order valence-electron chi connectivity index (χ4n) is 2.33. The quantitative estimate of drug-likeness (QED) is 0.238. The van der Waals surface area contributed by atoms with E-state index in [1.807, 2.05) is 6.07 Å². The van der Waals surface area contributed by atoms with Crippen molar-refractivity contribution in [2.75, 3.05) is 20.5 Å². The maximum absolute atomic E-state index is 12.2. The van der Waals surface area contributed by atoms with E-state index in [9.17, 15) is 13.2 Å². The number of hydrogen-bond acceptors (Lipinski definition) is 7. The van der Waals surface area contributed by atoms with Crippen LogP contribution >= 0.6 is 0 Å². The molecule has 0 aromatic heterocycles. The van der Waals surface area contributed by atoms with Gasteiger partial charge in [-0.25, -0.2) is 4.79 Å². The minimum atomic E-state index is -3.82. The summed E-state index contributed by atoms with van der Waals surface area (Å²) in [6, 6.07) is 15.7. The van der Waals surface area contributed by atoms with Crippen LogP contribution < -0.4 is 0 Å². The first-order valence-corrected chi connectivity index (χ1v) is 9.62. The fraction of sp³-hybridized carbons (Fsp3) is 0.158. The minimum Gasteiger partial charge on any atom is -0.503 e. The van der Waals surface area contributed by atoms with E-state index in [1.165, 1.54) is 20.5 Å². The summed E-state index contributed by atoms with van der Waals surface area (Å²) in [6.45, 7) is 0. The van der Waals surface area contributed by atoms with Gasteiger partial charge in [0.1, 0.15) is 11.3 Å². The number of nitrogens with zero attached hydrogens (tertiary/aromatic N) is 1. The molecule has 142 valence electrons. The first kappa shape index (κ1) is 20.2. The normalized spacial score (nSPS) is 12.4. The highest BCUT2D eigenvalue weighted by Crippen LogP contribution is 2.24. The number of carbonyl (C=O) groups excluding carboxylic acids is 1. The van der Waals surface area contributed by atoms with Gasteiger partial charge in [-0.1, -0.05) is 59.8 Å². The van der Waals surface area contributed by atoms with Crippen molar-refractivity contribution >= 4 is 27.4 Å². The van der Waals surface area contributed by atoms with E-state index in [1.54, 1.807) is 48.5 Å². The number of oxime groups is 1. The molecule has 0 saturated carbocycles. The molecule has 0 unspecified atom stereocenters. The SMILES string of the molecule is COC=C(C(=O)OC)c1ccccc1C(=NOS(C)(=O)=O)c1ccccc1. The van der Waals surface area contributed by atoms with E-state index in [-0.39, 0.29) is 11.3 Å². The van der Waals surface area contributed by atoms with Crippen LogP contribution in [0.15, 0.2) is 66.0 Å². The van der Waals surface area contributed by atoms with Crippen molar-refractivity contribution in [3.63, 3.8) is 0 Å². The van der Waals surface area contributed by atoms with Gasteiger partial charge in [0.05, 0.1) is 26.7 Å². The van der Waals surface area contributed by atoms with Crippen LogP contribution in [0.25, 0.3) is 5.57 Å². The second kappa shape index (κ2) is 9.00. The molecule has 2 aromatic rings. The highest BCUT2D eigenvalue weighted by atomic mass is 32.2.